The fourth-order valence-electron chi connectivity index (χ4n) is 2.70. The third-order valence-corrected chi connectivity index (χ3v) is 3.86. The van der Waals surface area contributed by atoms with E-state index in [1.54, 1.807) is 18.5 Å². The first-order valence-electron chi connectivity index (χ1n) is 7.57. The van der Waals surface area contributed by atoms with E-state index >= 15 is 0 Å². The zero-order valence-electron chi connectivity index (χ0n) is 12.7. The van der Waals surface area contributed by atoms with Crippen molar-refractivity contribution >= 4 is 22.6 Å². The number of fused-ring (bicyclic) bond motifs is 1. The zero-order chi connectivity index (χ0) is 16.4. The lowest BCUT2D eigenvalue weighted by molar-refractivity contribution is 0.102. The molecule has 2 N–H and O–H groups in total. The Labute approximate surface area is 138 Å². The van der Waals surface area contributed by atoms with Crippen LogP contribution in [0.3, 0.4) is 0 Å². The molecule has 2 aromatic carbocycles. The summed E-state index contributed by atoms with van der Waals surface area (Å²) in [5.74, 6) is -0.164. The van der Waals surface area contributed by atoms with E-state index in [4.69, 9.17) is 0 Å². The van der Waals surface area contributed by atoms with Gasteiger partial charge in [0.2, 0.25) is 0 Å². The van der Waals surface area contributed by atoms with Crippen LogP contribution in [0, 0.1) is 0 Å². The lowest BCUT2D eigenvalue weighted by Crippen LogP contribution is -2.13. The molecule has 0 unspecified atom stereocenters. The van der Waals surface area contributed by atoms with Crippen molar-refractivity contribution in [2.45, 2.75) is 0 Å². The fourth-order valence-corrected chi connectivity index (χ4v) is 2.70. The van der Waals surface area contributed by atoms with E-state index in [2.05, 4.69) is 20.5 Å². The van der Waals surface area contributed by atoms with Gasteiger partial charge in [0.15, 0.2) is 5.65 Å². The minimum Gasteiger partial charge on any atom is -0.321 e. The number of benzene rings is 2. The van der Waals surface area contributed by atoms with E-state index in [0.717, 1.165) is 16.5 Å². The molecule has 24 heavy (non-hydrogen) atoms. The lowest BCUT2D eigenvalue weighted by Gasteiger charge is -2.11. The van der Waals surface area contributed by atoms with Crippen molar-refractivity contribution in [2.75, 3.05) is 5.32 Å². The molecule has 0 aliphatic carbocycles. The van der Waals surface area contributed by atoms with E-state index in [0.29, 0.717) is 16.9 Å². The normalized spacial score (nSPS) is 10.7. The molecule has 2 heterocycles. The van der Waals surface area contributed by atoms with Gasteiger partial charge < -0.3 is 5.32 Å². The van der Waals surface area contributed by atoms with Crippen LogP contribution in [0.4, 0.5) is 5.69 Å². The highest BCUT2D eigenvalue weighted by Gasteiger charge is 2.14. The molecule has 0 atom stereocenters. The van der Waals surface area contributed by atoms with Gasteiger partial charge in [-0.05, 0) is 23.3 Å². The van der Waals surface area contributed by atoms with Crippen LogP contribution >= 0.6 is 0 Å². The minimum atomic E-state index is -0.164. The maximum atomic E-state index is 12.8. The molecule has 0 fully saturated rings. The average Bonchev–Trinajstić information content (AvgIpc) is 3.12. The number of nitrogens with zero attached hydrogens (tertiary/aromatic N) is 2. The van der Waals surface area contributed by atoms with Gasteiger partial charge >= 0.3 is 0 Å². The summed E-state index contributed by atoms with van der Waals surface area (Å²) in [5, 5.41) is 10.5. The second-order valence-electron chi connectivity index (χ2n) is 5.36. The van der Waals surface area contributed by atoms with Crippen LogP contribution in [-0.4, -0.2) is 21.1 Å². The molecule has 4 rings (SSSR count). The second-order valence-corrected chi connectivity index (χ2v) is 5.36. The highest BCUT2D eigenvalue weighted by Crippen LogP contribution is 2.25. The molecule has 0 aliphatic heterocycles. The standard InChI is InChI=1S/C19H14N4O/c24-19(22-17-10-11-20-18-16(17)12-21-23-18)15-9-5-4-8-14(15)13-6-2-1-3-7-13/h1-12H,(H2,20,21,22,23,24). The van der Waals surface area contributed by atoms with E-state index in [1.165, 1.54) is 0 Å². The molecular formula is C19H14N4O. The molecule has 2 aromatic heterocycles. The number of hydrogen-bond donors (Lipinski definition) is 2. The summed E-state index contributed by atoms with van der Waals surface area (Å²) in [6, 6.07) is 19.2. The molecule has 5 heteroatoms. The highest BCUT2D eigenvalue weighted by molar-refractivity contribution is 6.11. The van der Waals surface area contributed by atoms with E-state index in [-0.39, 0.29) is 5.91 Å². The minimum absolute atomic E-state index is 0.164. The SMILES string of the molecule is O=C(Nc1ccnc2[nH]ncc12)c1ccccc1-c1ccccc1. The predicted molar refractivity (Wildman–Crippen MR) is 93.7 cm³/mol. The van der Waals surface area contributed by atoms with Crippen LogP contribution in [0.2, 0.25) is 0 Å². The first kappa shape index (κ1) is 14.1. The summed E-state index contributed by atoms with van der Waals surface area (Å²) < 4.78 is 0. The number of rotatable bonds is 3. The van der Waals surface area contributed by atoms with Crippen molar-refractivity contribution in [3.8, 4) is 11.1 Å². The molecule has 0 aliphatic rings. The van der Waals surface area contributed by atoms with Crippen molar-refractivity contribution in [1.29, 1.82) is 0 Å². The summed E-state index contributed by atoms with van der Waals surface area (Å²) in [4.78, 5) is 17.0. The van der Waals surface area contributed by atoms with Crippen LogP contribution in [-0.2, 0) is 0 Å². The van der Waals surface area contributed by atoms with Crippen molar-refractivity contribution in [2.24, 2.45) is 0 Å². The van der Waals surface area contributed by atoms with Gasteiger partial charge in [-0.25, -0.2) is 4.98 Å². The number of carbonyl (C=O) groups excluding carboxylic acids is 1. The monoisotopic (exact) mass is 314 g/mol. The van der Waals surface area contributed by atoms with Gasteiger partial charge in [-0.1, -0.05) is 48.5 Å². The smallest absolute Gasteiger partial charge is 0.256 e. The summed E-state index contributed by atoms with van der Waals surface area (Å²) in [7, 11) is 0. The Morgan fingerprint density at radius 3 is 2.62 bits per heavy atom. The van der Waals surface area contributed by atoms with Gasteiger partial charge in [-0.2, -0.15) is 5.10 Å². The Kier molecular flexibility index (Phi) is 3.51. The van der Waals surface area contributed by atoms with Crippen LogP contribution < -0.4 is 5.32 Å². The Morgan fingerprint density at radius 2 is 1.75 bits per heavy atom. The van der Waals surface area contributed by atoms with Gasteiger partial charge in [0.25, 0.3) is 5.91 Å². The molecule has 0 bridgehead atoms. The Hall–Kier alpha value is -3.47. The molecule has 0 radical (unpaired) electrons. The predicted octanol–water partition coefficient (Wildman–Crippen LogP) is 3.88. The van der Waals surface area contributed by atoms with Crippen molar-refractivity contribution in [1.82, 2.24) is 15.2 Å². The molecule has 0 saturated heterocycles. The van der Waals surface area contributed by atoms with Gasteiger partial charge in [0, 0.05) is 11.8 Å². The number of aromatic nitrogens is 3. The van der Waals surface area contributed by atoms with Gasteiger partial charge in [-0.3, -0.25) is 9.89 Å². The molecular weight excluding hydrogens is 300 g/mol. The number of hydrogen-bond acceptors (Lipinski definition) is 3. The van der Waals surface area contributed by atoms with Crippen LogP contribution in [0.15, 0.2) is 73.1 Å². The fraction of sp³-hybridized carbons (Fsp3) is 0. The molecule has 0 spiro atoms. The topological polar surface area (TPSA) is 70.7 Å². The van der Waals surface area contributed by atoms with E-state index in [1.807, 2.05) is 54.6 Å². The number of nitrogens with one attached hydrogen (secondary N) is 2. The molecule has 1 amide bonds. The van der Waals surface area contributed by atoms with Crippen molar-refractivity contribution in [3.05, 3.63) is 78.6 Å². The van der Waals surface area contributed by atoms with Crippen molar-refractivity contribution < 1.29 is 4.79 Å². The van der Waals surface area contributed by atoms with E-state index in [9.17, 15) is 4.79 Å². The number of H-pyrrole nitrogens is 1. The molecule has 0 saturated carbocycles. The summed E-state index contributed by atoms with van der Waals surface area (Å²) in [5.41, 5.74) is 3.85. The van der Waals surface area contributed by atoms with Crippen molar-refractivity contribution in [3.63, 3.8) is 0 Å². The third kappa shape index (κ3) is 2.52. The van der Waals surface area contributed by atoms with Gasteiger partial charge in [0.05, 0.1) is 17.3 Å². The molecule has 5 nitrogen and oxygen atoms in total. The number of aromatic amines is 1. The zero-order valence-corrected chi connectivity index (χ0v) is 12.7. The highest BCUT2D eigenvalue weighted by atomic mass is 16.1. The quantitative estimate of drug-likeness (QED) is 0.603. The number of pyridine rings is 1. The van der Waals surface area contributed by atoms with Gasteiger partial charge in [-0.15, -0.1) is 0 Å². The van der Waals surface area contributed by atoms with Crippen LogP contribution in [0.5, 0.6) is 0 Å². The summed E-state index contributed by atoms with van der Waals surface area (Å²) in [6.07, 6.45) is 3.29. The average molecular weight is 314 g/mol. The second kappa shape index (κ2) is 5.96. The largest absolute Gasteiger partial charge is 0.321 e. The Balaban J connectivity index is 1.72. The Morgan fingerprint density at radius 1 is 0.958 bits per heavy atom. The summed E-state index contributed by atoms with van der Waals surface area (Å²) in [6.45, 7) is 0. The number of carbonyl (C=O) groups is 1. The van der Waals surface area contributed by atoms with Gasteiger partial charge in [0.1, 0.15) is 0 Å². The van der Waals surface area contributed by atoms with Crippen LogP contribution in [0.1, 0.15) is 10.4 Å². The number of anilines is 1. The number of amides is 1. The third-order valence-electron chi connectivity index (χ3n) is 3.86. The molecule has 4 aromatic rings. The Bertz CT molecular complexity index is 1010. The van der Waals surface area contributed by atoms with E-state index < -0.39 is 0 Å². The first-order chi connectivity index (χ1) is 11.8. The maximum Gasteiger partial charge on any atom is 0.256 e. The van der Waals surface area contributed by atoms with Crippen LogP contribution in [0.25, 0.3) is 22.2 Å². The summed E-state index contributed by atoms with van der Waals surface area (Å²) >= 11 is 0. The maximum absolute atomic E-state index is 12.8. The first-order valence-corrected chi connectivity index (χ1v) is 7.57. The lowest BCUT2D eigenvalue weighted by atomic mass is 9.99. The molecule has 116 valence electrons.